The molecule has 0 bridgehead atoms. The molecule has 1 N–H and O–H groups in total. The van der Waals surface area contributed by atoms with E-state index < -0.39 is 0 Å². The van der Waals surface area contributed by atoms with Crippen molar-refractivity contribution in [3.05, 3.63) is 17.3 Å². The van der Waals surface area contributed by atoms with Gasteiger partial charge in [-0.15, -0.1) is 5.10 Å². The van der Waals surface area contributed by atoms with Crippen LogP contribution in [0.5, 0.6) is 0 Å². The van der Waals surface area contributed by atoms with Crippen molar-refractivity contribution in [2.45, 2.75) is 31.9 Å². The van der Waals surface area contributed by atoms with E-state index >= 15 is 0 Å². The molecule has 18 heavy (non-hydrogen) atoms. The zero-order chi connectivity index (χ0) is 12.5. The molecular weight excluding hydrogens is 228 g/mol. The fraction of sp³-hybridized carbons (Fsp3) is 0.692. The molecule has 0 unspecified atom stereocenters. The monoisotopic (exact) mass is 248 g/mol. The van der Waals surface area contributed by atoms with Crippen molar-refractivity contribution in [3.8, 4) is 0 Å². The van der Waals surface area contributed by atoms with Gasteiger partial charge in [-0.1, -0.05) is 0 Å². The van der Waals surface area contributed by atoms with E-state index in [-0.39, 0.29) is 6.10 Å². The summed E-state index contributed by atoms with van der Waals surface area (Å²) in [6.07, 6.45) is 2.52. The van der Waals surface area contributed by atoms with Crippen molar-refractivity contribution < 1.29 is 5.11 Å². The second-order valence-corrected chi connectivity index (χ2v) is 5.38. The lowest BCUT2D eigenvalue weighted by Crippen LogP contribution is -2.37. The highest BCUT2D eigenvalue weighted by Gasteiger charge is 2.21. The lowest BCUT2D eigenvalue weighted by Gasteiger charge is -2.31. The summed E-state index contributed by atoms with van der Waals surface area (Å²) in [6.45, 7) is 3.79. The van der Waals surface area contributed by atoms with Gasteiger partial charge in [0, 0.05) is 32.6 Å². The van der Waals surface area contributed by atoms with Crippen LogP contribution < -0.4 is 4.90 Å². The Balaban J connectivity index is 1.79. The number of rotatable bonds is 1. The van der Waals surface area contributed by atoms with Crippen LogP contribution in [0.15, 0.2) is 6.07 Å². The van der Waals surface area contributed by atoms with Gasteiger partial charge in [0.25, 0.3) is 0 Å². The van der Waals surface area contributed by atoms with Gasteiger partial charge >= 0.3 is 0 Å². The predicted octanol–water partition coefficient (Wildman–Crippen LogP) is 0.426. The molecule has 1 aromatic rings. The van der Waals surface area contributed by atoms with E-state index in [2.05, 4.69) is 33.1 Å². The van der Waals surface area contributed by atoms with Gasteiger partial charge in [-0.25, -0.2) is 0 Å². The third kappa shape index (κ3) is 2.33. The van der Waals surface area contributed by atoms with Crippen molar-refractivity contribution >= 4 is 5.82 Å². The molecule has 2 aliphatic heterocycles. The molecule has 0 spiro atoms. The maximum Gasteiger partial charge on any atom is 0.151 e. The van der Waals surface area contributed by atoms with Crippen molar-refractivity contribution in [1.82, 2.24) is 15.1 Å². The first-order valence-electron chi connectivity index (χ1n) is 6.69. The molecule has 0 aromatic carbocycles. The summed E-state index contributed by atoms with van der Waals surface area (Å²) < 4.78 is 0. The molecule has 5 heteroatoms. The first kappa shape index (κ1) is 11.9. The van der Waals surface area contributed by atoms with Gasteiger partial charge in [0.15, 0.2) is 5.82 Å². The molecule has 2 aliphatic rings. The lowest BCUT2D eigenvalue weighted by molar-refractivity contribution is 0.145. The minimum absolute atomic E-state index is 0.141. The number of hydrogen-bond acceptors (Lipinski definition) is 5. The van der Waals surface area contributed by atoms with E-state index in [1.807, 2.05) is 0 Å². The summed E-state index contributed by atoms with van der Waals surface area (Å²) >= 11 is 0. The maximum absolute atomic E-state index is 9.53. The molecule has 0 saturated carbocycles. The molecule has 3 heterocycles. The molecule has 1 aromatic heterocycles. The predicted molar refractivity (Wildman–Crippen MR) is 69.5 cm³/mol. The zero-order valence-electron chi connectivity index (χ0n) is 10.8. The number of likely N-dealkylation sites (N-methyl/N-ethyl adjacent to an activating group) is 1. The largest absolute Gasteiger partial charge is 0.393 e. The van der Waals surface area contributed by atoms with E-state index in [0.29, 0.717) is 0 Å². The lowest BCUT2D eigenvalue weighted by atomic mass is 10.1. The minimum atomic E-state index is -0.141. The van der Waals surface area contributed by atoms with Gasteiger partial charge in [0.2, 0.25) is 0 Å². The molecule has 3 rings (SSSR count). The standard InChI is InChI=1S/C13H20N4O/c1-16-5-4-12-10(9-16)8-13(15-14-12)17-6-2-11(18)3-7-17/h8,11,18H,2-7,9H2,1H3. The molecule has 1 fully saturated rings. The van der Waals surface area contributed by atoms with Crippen LogP contribution in [0.2, 0.25) is 0 Å². The third-order valence-corrected chi connectivity index (χ3v) is 3.91. The van der Waals surface area contributed by atoms with Crippen molar-refractivity contribution in [2.75, 3.05) is 31.6 Å². The number of aromatic nitrogens is 2. The first-order valence-corrected chi connectivity index (χ1v) is 6.69. The molecule has 0 atom stereocenters. The first-order chi connectivity index (χ1) is 8.72. The Morgan fingerprint density at radius 3 is 2.78 bits per heavy atom. The zero-order valence-corrected chi connectivity index (χ0v) is 10.8. The fourth-order valence-electron chi connectivity index (χ4n) is 2.71. The minimum Gasteiger partial charge on any atom is -0.393 e. The van der Waals surface area contributed by atoms with Crippen LogP contribution in [-0.4, -0.2) is 53.0 Å². The van der Waals surface area contributed by atoms with Crippen LogP contribution in [0.4, 0.5) is 5.82 Å². The average molecular weight is 248 g/mol. The smallest absolute Gasteiger partial charge is 0.151 e. The number of fused-ring (bicyclic) bond motifs is 1. The Bertz CT molecular complexity index is 429. The van der Waals surface area contributed by atoms with E-state index in [9.17, 15) is 5.11 Å². The second kappa shape index (κ2) is 4.82. The van der Waals surface area contributed by atoms with Crippen LogP contribution in [-0.2, 0) is 13.0 Å². The number of aliphatic hydroxyl groups excluding tert-OH is 1. The summed E-state index contributed by atoms with van der Waals surface area (Å²) in [5.74, 6) is 0.968. The van der Waals surface area contributed by atoms with Gasteiger partial charge in [-0.2, -0.15) is 5.10 Å². The normalized spacial score (nSPS) is 22.0. The molecule has 5 nitrogen and oxygen atoms in total. The highest BCUT2D eigenvalue weighted by Crippen LogP contribution is 2.22. The Hall–Kier alpha value is -1.20. The number of nitrogens with zero attached hydrogens (tertiary/aromatic N) is 4. The van der Waals surface area contributed by atoms with Crippen molar-refractivity contribution in [3.63, 3.8) is 0 Å². The summed E-state index contributed by atoms with van der Waals surface area (Å²) in [7, 11) is 2.14. The van der Waals surface area contributed by atoms with E-state index in [1.54, 1.807) is 0 Å². The molecule has 0 amide bonds. The van der Waals surface area contributed by atoms with Crippen LogP contribution in [0, 0.1) is 0 Å². The molecule has 0 radical (unpaired) electrons. The van der Waals surface area contributed by atoms with E-state index in [0.717, 1.165) is 57.0 Å². The van der Waals surface area contributed by atoms with Crippen molar-refractivity contribution in [1.29, 1.82) is 0 Å². The number of anilines is 1. The summed E-state index contributed by atoms with van der Waals surface area (Å²) in [5, 5.41) is 18.2. The Morgan fingerprint density at radius 2 is 2.00 bits per heavy atom. The van der Waals surface area contributed by atoms with Crippen LogP contribution in [0.25, 0.3) is 0 Å². The SMILES string of the molecule is CN1CCc2nnc(N3CCC(O)CC3)cc2C1. The quantitative estimate of drug-likeness (QED) is 0.781. The Morgan fingerprint density at radius 1 is 1.22 bits per heavy atom. The van der Waals surface area contributed by atoms with Crippen LogP contribution >= 0.6 is 0 Å². The second-order valence-electron chi connectivity index (χ2n) is 5.38. The van der Waals surface area contributed by atoms with Gasteiger partial charge in [0.05, 0.1) is 11.8 Å². The molecule has 0 aliphatic carbocycles. The highest BCUT2D eigenvalue weighted by atomic mass is 16.3. The van der Waals surface area contributed by atoms with Gasteiger partial charge in [0.1, 0.15) is 0 Å². The Kier molecular flexibility index (Phi) is 3.18. The number of piperidine rings is 1. The summed E-state index contributed by atoms with van der Waals surface area (Å²) in [4.78, 5) is 4.54. The van der Waals surface area contributed by atoms with E-state index in [1.165, 1.54) is 5.56 Å². The van der Waals surface area contributed by atoms with Gasteiger partial charge in [-0.3, -0.25) is 0 Å². The van der Waals surface area contributed by atoms with Gasteiger partial charge in [-0.05, 0) is 31.5 Å². The summed E-state index contributed by atoms with van der Waals surface area (Å²) in [5.41, 5.74) is 2.45. The average Bonchev–Trinajstić information content (AvgIpc) is 2.38. The van der Waals surface area contributed by atoms with Crippen LogP contribution in [0.1, 0.15) is 24.1 Å². The number of hydrogen-bond donors (Lipinski definition) is 1. The Labute approximate surface area is 107 Å². The van der Waals surface area contributed by atoms with Crippen LogP contribution in [0.3, 0.4) is 0 Å². The van der Waals surface area contributed by atoms with E-state index in [4.69, 9.17) is 0 Å². The summed E-state index contributed by atoms with van der Waals surface area (Å²) in [6, 6.07) is 2.18. The molecule has 98 valence electrons. The number of aliphatic hydroxyl groups is 1. The topological polar surface area (TPSA) is 52.5 Å². The highest BCUT2D eigenvalue weighted by molar-refractivity contribution is 5.42. The van der Waals surface area contributed by atoms with Crippen molar-refractivity contribution in [2.24, 2.45) is 0 Å². The van der Waals surface area contributed by atoms with Gasteiger partial charge < -0.3 is 14.9 Å². The maximum atomic E-state index is 9.53. The molecule has 1 saturated heterocycles. The third-order valence-electron chi connectivity index (χ3n) is 3.91. The molecular formula is C13H20N4O. The fourth-order valence-corrected chi connectivity index (χ4v) is 2.71.